The van der Waals surface area contributed by atoms with Crippen LogP contribution in [-0.2, 0) is 20.2 Å². The van der Waals surface area contributed by atoms with Crippen molar-refractivity contribution in [3.8, 4) is 5.75 Å². The van der Waals surface area contributed by atoms with Crippen LogP contribution in [0, 0.1) is 0 Å². The SMILES string of the molecule is O=S(=O)(O)c1ccc(NNc2cccc(S(=O)(=O)O)c2O)cc1. The molecule has 2 rings (SSSR count). The van der Waals surface area contributed by atoms with E-state index >= 15 is 0 Å². The first-order valence-electron chi connectivity index (χ1n) is 5.98. The van der Waals surface area contributed by atoms with Crippen LogP contribution in [0.5, 0.6) is 5.75 Å². The van der Waals surface area contributed by atoms with Crippen molar-refractivity contribution in [3.05, 3.63) is 42.5 Å². The second kappa shape index (κ2) is 6.04. The summed E-state index contributed by atoms with van der Waals surface area (Å²) >= 11 is 0. The summed E-state index contributed by atoms with van der Waals surface area (Å²) < 4.78 is 61.8. The predicted molar refractivity (Wildman–Crippen MR) is 81.4 cm³/mol. The molecule has 5 N–H and O–H groups in total. The molecule has 0 aliphatic carbocycles. The Balaban J connectivity index is 2.19. The molecule has 9 nitrogen and oxygen atoms in total. The lowest BCUT2D eigenvalue weighted by atomic mass is 10.3. The average Bonchev–Trinajstić information content (AvgIpc) is 2.44. The fourth-order valence-electron chi connectivity index (χ4n) is 1.68. The van der Waals surface area contributed by atoms with Crippen molar-refractivity contribution >= 4 is 31.6 Å². The van der Waals surface area contributed by atoms with E-state index < -0.39 is 30.9 Å². The van der Waals surface area contributed by atoms with E-state index in [1.165, 1.54) is 24.3 Å². The highest BCUT2D eigenvalue weighted by Gasteiger charge is 2.17. The standard InChI is InChI=1S/C12H12N2O7S2/c15-12-10(2-1-3-11(12)23(19,20)21)14-13-8-4-6-9(7-5-8)22(16,17)18/h1-7,13-15H,(H,16,17,18)(H,19,20,21). The lowest BCUT2D eigenvalue weighted by Crippen LogP contribution is -2.10. The number of phenols is 1. The summed E-state index contributed by atoms with van der Waals surface area (Å²) in [6.07, 6.45) is 0. The highest BCUT2D eigenvalue weighted by atomic mass is 32.2. The smallest absolute Gasteiger partial charge is 0.298 e. The van der Waals surface area contributed by atoms with Gasteiger partial charge in [-0.25, -0.2) is 0 Å². The molecule has 0 aliphatic rings. The number of para-hydroxylation sites is 1. The molecule has 0 saturated carbocycles. The summed E-state index contributed by atoms with van der Waals surface area (Å²) in [5.74, 6) is -0.683. The minimum atomic E-state index is -4.57. The number of phenolic OH excluding ortho intramolecular Hbond substituents is 1. The van der Waals surface area contributed by atoms with Crippen molar-refractivity contribution in [1.29, 1.82) is 0 Å². The molecule has 0 amide bonds. The maximum Gasteiger partial charge on any atom is 0.298 e. The van der Waals surface area contributed by atoms with Gasteiger partial charge in [0.25, 0.3) is 20.2 Å². The van der Waals surface area contributed by atoms with Crippen LogP contribution in [0.1, 0.15) is 0 Å². The Kier molecular flexibility index (Phi) is 4.47. The van der Waals surface area contributed by atoms with Crippen LogP contribution in [0.25, 0.3) is 0 Å². The number of benzene rings is 2. The first kappa shape index (κ1) is 17.0. The van der Waals surface area contributed by atoms with Gasteiger partial charge in [-0.15, -0.1) is 0 Å². The van der Waals surface area contributed by atoms with Crippen molar-refractivity contribution in [2.24, 2.45) is 0 Å². The van der Waals surface area contributed by atoms with Gasteiger partial charge in [-0.2, -0.15) is 16.8 Å². The number of nitrogens with one attached hydrogen (secondary N) is 2. The lowest BCUT2D eigenvalue weighted by Gasteiger charge is -2.12. The molecule has 11 heteroatoms. The number of aromatic hydroxyl groups is 1. The van der Waals surface area contributed by atoms with E-state index in [0.717, 1.165) is 18.2 Å². The van der Waals surface area contributed by atoms with E-state index in [1.54, 1.807) is 0 Å². The number of hydrazine groups is 1. The molecule has 0 atom stereocenters. The van der Waals surface area contributed by atoms with E-state index in [9.17, 15) is 21.9 Å². The topological polar surface area (TPSA) is 153 Å². The third kappa shape index (κ3) is 4.10. The first-order chi connectivity index (χ1) is 10.6. The number of rotatable bonds is 5. The molecule has 124 valence electrons. The molecular weight excluding hydrogens is 348 g/mol. The van der Waals surface area contributed by atoms with Gasteiger partial charge in [-0.05, 0) is 36.4 Å². The third-order valence-electron chi connectivity index (χ3n) is 2.77. The Bertz CT molecular complexity index is 922. The lowest BCUT2D eigenvalue weighted by molar-refractivity contribution is 0.445. The van der Waals surface area contributed by atoms with Crippen molar-refractivity contribution in [3.63, 3.8) is 0 Å². The molecule has 23 heavy (non-hydrogen) atoms. The molecule has 0 unspecified atom stereocenters. The van der Waals surface area contributed by atoms with Crippen LogP contribution in [0.15, 0.2) is 52.3 Å². The van der Waals surface area contributed by atoms with Gasteiger partial charge < -0.3 is 10.5 Å². The van der Waals surface area contributed by atoms with E-state index in [1.807, 2.05) is 0 Å². The fraction of sp³-hybridized carbons (Fsp3) is 0. The Morgan fingerprint density at radius 1 is 0.783 bits per heavy atom. The summed E-state index contributed by atoms with van der Waals surface area (Å²) in [6.45, 7) is 0. The van der Waals surface area contributed by atoms with Crippen molar-refractivity contribution in [2.45, 2.75) is 9.79 Å². The third-order valence-corrected chi connectivity index (χ3v) is 4.52. The molecule has 0 heterocycles. The maximum atomic E-state index is 11.1. The fourth-order valence-corrected chi connectivity index (χ4v) is 2.77. The molecule has 0 aromatic heterocycles. The quantitative estimate of drug-likeness (QED) is 0.302. The minimum absolute atomic E-state index is 0.0287. The van der Waals surface area contributed by atoms with Gasteiger partial charge in [0.2, 0.25) is 0 Å². The molecule has 0 spiro atoms. The van der Waals surface area contributed by atoms with Crippen LogP contribution in [0.2, 0.25) is 0 Å². The van der Waals surface area contributed by atoms with Gasteiger partial charge in [-0.3, -0.25) is 14.5 Å². The zero-order valence-corrected chi connectivity index (χ0v) is 13.0. The van der Waals surface area contributed by atoms with E-state index in [2.05, 4.69) is 10.9 Å². The highest BCUT2D eigenvalue weighted by Crippen LogP contribution is 2.30. The van der Waals surface area contributed by atoms with Gasteiger partial charge in [0.05, 0.1) is 16.3 Å². The van der Waals surface area contributed by atoms with Crippen LogP contribution >= 0.6 is 0 Å². The monoisotopic (exact) mass is 360 g/mol. The van der Waals surface area contributed by atoms with E-state index in [-0.39, 0.29) is 10.6 Å². The number of hydrogen-bond acceptors (Lipinski definition) is 7. The molecule has 0 fully saturated rings. The summed E-state index contributed by atoms with van der Waals surface area (Å²) in [7, 11) is -8.87. The molecule has 2 aromatic rings. The maximum absolute atomic E-state index is 11.1. The summed E-state index contributed by atoms with van der Waals surface area (Å²) in [4.78, 5) is -0.953. The second-order valence-electron chi connectivity index (χ2n) is 4.38. The Morgan fingerprint density at radius 2 is 1.39 bits per heavy atom. The summed E-state index contributed by atoms with van der Waals surface area (Å²) in [5, 5.41) is 9.80. The first-order valence-corrected chi connectivity index (χ1v) is 8.86. The Labute approximate surface area is 132 Å². The van der Waals surface area contributed by atoms with Gasteiger partial charge in [0, 0.05) is 0 Å². The zero-order chi connectivity index (χ0) is 17.3. The number of anilines is 2. The predicted octanol–water partition coefficient (Wildman–Crippen LogP) is 1.32. The van der Waals surface area contributed by atoms with Gasteiger partial charge >= 0.3 is 0 Å². The van der Waals surface area contributed by atoms with E-state index in [0.29, 0.717) is 5.69 Å². The van der Waals surface area contributed by atoms with Crippen LogP contribution in [0.4, 0.5) is 11.4 Å². The van der Waals surface area contributed by atoms with Gasteiger partial charge in [0.15, 0.2) is 5.75 Å². The van der Waals surface area contributed by atoms with Crippen molar-refractivity contribution < 1.29 is 31.0 Å². The average molecular weight is 360 g/mol. The largest absolute Gasteiger partial charge is 0.504 e. The molecule has 0 bridgehead atoms. The molecule has 2 aromatic carbocycles. The molecule has 0 saturated heterocycles. The summed E-state index contributed by atoms with van der Waals surface area (Å²) in [6, 6.07) is 8.63. The molecule has 0 aliphatic heterocycles. The second-order valence-corrected chi connectivity index (χ2v) is 7.19. The Morgan fingerprint density at radius 3 is 1.91 bits per heavy atom. The number of hydrogen-bond donors (Lipinski definition) is 5. The van der Waals surface area contributed by atoms with E-state index in [4.69, 9.17) is 9.11 Å². The van der Waals surface area contributed by atoms with Gasteiger partial charge in [-0.1, -0.05) is 6.07 Å². The highest BCUT2D eigenvalue weighted by molar-refractivity contribution is 7.86. The normalized spacial score (nSPS) is 11.9. The van der Waals surface area contributed by atoms with Crippen LogP contribution in [-0.4, -0.2) is 31.0 Å². The molecular formula is C12H12N2O7S2. The van der Waals surface area contributed by atoms with Crippen molar-refractivity contribution in [1.82, 2.24) is 0 Å². The minimum Gasteiger partial charge on any atom is -0.504 e. The summed E-state index contributed by atoms with van der Waals surface area (Å²) in [5.41, 5.74) is 5.45. The zero-order valence-electron chi connectivity index (χ0n) is 11.3. The van der Waals surface area contributed by atoms with Crippen molar-refractivity contribution in [2.75, 3.05) is 10.9 Å². The molecule has 0 radical (unpaired) electrons. The van der Waals surface area contributed by atoms with Gasteiger partial charge in [0.1, 0.15) is 4.90 Å². The van der Waals surface area contributed by atoms with Crippen LogP contribution < -0.4 is 10.9 Å². The Hall–Kier alpha value is -2.34. The van der Waals surface area contributed by atoms with Crippen LogP contribution in [0.3, 0.4) is 0 Å².